The van der Waals surface area contributed by atoms with Gasteiger partial charge in [0.2, 0.25) is 0 Å². The molecule has 0 aliphatic carbocycles. The van der Waals surface area contributed by atoms with Gasteiger partial charge in [-0.15, -0.1) is 0 Å². The highest BCUT2D eigenvalue weighted by Crippen LogP contribution is 2.23. The molecule has 4 nitrogen and oxygen atoms in total. The van der Waals surface area contributed by atoms with Crippen molar-refractivity contribution in [3.8, 4) is 0 Å². The zero-order chi connectivity index (χ0) is 14.4. The van der Waals surface area contributed by atoms with Gasteiger partial charge in [-0.3, -0.25) is 9.59 Å². The minimum Gasteiger partial charge on any atom is -0.390 e. The van der Waals surface area contributed by atoms with Gasteiger partial charge in [-0.05, 0) is 24.1 Å². The maximum atomic E-state index is 12.9. The van der Waals surface area contributed by atoms with Crippen LogP contribution in [0.2, 0.25) is 0 Å². The van der Waals surface area contributed by atoms with Gasteiger partial charge >= 0.3 is 0 Å². The number of benzene rings is 1. The zero-order valence-electron chi connectivity index (χ0n) is 10.4. The van der Waals surface area contributed by atoms with Crippen LogP contribution in [0.15, 0.2) is 18.2 Å². The molecule has 0 saturated heterocycles. The third kappa shape index (κ3) is 4.74. The molecule has 0 aliphatic heterocycles. The van der Waals surface area contributed by atoms with Crippen molar-refractivity contribution in [3.05, 3.63) is 35.1 Å². The summed E-state index contributed by atoms with van der Waals surface area (Å²) in [5, 5.41) is 19.6. The molecule has 2 N–H and O–H groups in total. The maximum Gasteiger partial charge on any atom is 0.185 e. The Bertz CT molecular complexity index is 464. The number of aliphatic hydroxyl groups excluding tert-OH is 2. The standard InChI is InChI=1S/C13H15FO4S/c1-8(16)19-5-4-12(17)13(18)11-3-2-10(14)6-9(11)7-15/h2-3,6-7,12-13,17-18H,4-5H2,1H3. The summed E-state index contributed by atoms with van der Waals surface area (Å²) in [5.74, 6) is -0.217. The summed E-state index contributed by atoms with van der Waals surface area (Å²) in [5.41, 5.74) is 0.183. The van der Waals surface area contributed by atoms with Crippen LogP contribution >= 0.6 is 11.8 Å². The Balaban J connectivity index is 2.73. The highest BCUT2D eigenvalue weighted by Gasteiger charge is 2.21. The van der Waals surface area contributed by atoms with Gasteiger partial charge in [-0.1, -0.05) is 17.8 Å². The molecule has 6 heteroatoms. The molecule has 1 rings (SSSR count). The summed E-state index contributed by atoms with van der Waals surface area (Å²) in [7, 11) is 0. The first kappa shape index (κ1) is 15.8. The average molecular weight is 286 g/mol. The van der Waals surface area contributed by atoms with Crippen LogP contribution in [-0.4, -0.2) is 33.5 Å². The summed E-state index contributed by atoms with van der Waals surface area (Å²) in [6.07, 6.45) is -1.77. The largest absolute Gasteiger partial charge is 0.390 e. The van der Waals surface area contributed by atoms with Crippen LogP contribution in [0, 0.1) is 5.82 Å². The second-order valence-corrected chi connectivity index (χ2v) is 5.30. The third-order valence-corrected chi connectivity index (χ3v) is 3.42. The minimum atomic E-state index is -1.28. The average Bonchev–Trinajstić information content (AvgIpc) is 2.37. The lowest BCUT2D eigenvalue weighted by molar-refractivity contribution is -0.109. The van der Waals surface area contributed by atoms with E-state index in [1.807, 2.05) is 0 Å². The first-order valence-corrected chi connectivity index (χ1v) is 6.68. The molecule has 0 bridgehead atoms. The maximum absolute atomic E-state index is 12.9. The topological polar surface area (TPSA) is 74.6 Å². The lowest BCUT2D eigenvalue weighted by Gasteiger charge is -2.19. The number of aldehydes is 1. The van der Waals surface area contributed by atoms with E-state index >= 15 is 0 Å². The molecular formula is C13H15FO4S. The van der Waals surface area contributed by atoms with Gasteiger partial charge in [0.25, 0.3) is 0 Å². The number of hydrogen-bond donors (Lipinski definition) is 2. The van der Waals surface area contributed by atoms with Gasteiger partial charge in [0.15, 0.2) is 11.4 Å². The quantitative estimate of drug-likeness (QED) is 0.779. The Kier molecular flexibility index (Phi) is 6.14. The Morgan fingerprint density at radius 3 is 2.74 bits per heavy atom. The number of halogens is 1. The number of thioether (sulfide) groups is 1. The molecule has 1 aromatic carbocycles. The molecule has 0 aliphatic rings. The van der Waals surface area contributed by atoms with Crippen LogP contribution in [0.3, 0.4) is 0 Å². The number of hydrogen-bond acceptors (Lipinski definition) is 5. The fourth-order valence-corrected chi connectivity index (χ4v) is 2.25. The van der Waals surface area contributed by atoms with Gasteiger partial charge < -0.3 is 10.2 Å². The summed E-state index contributed by atoms with van der Waals surface area (Å²) in [6, 6.07) is 3.39. The fourth-order valence-electron chi connectivity index (χ4n) is 1.61. The van der Waals surface area contributed by atoms with Gasteiger partial charge in [0, 0.05) is 18.2 Å². The Morgan fingerprint density at radius 2 is 2.16 bits per heavy atom. The number of carbonyl (C=O) groups is 2. The van der Waals surface area contributed by atoms with Crippen LogP contribution in [0.25, 0.3) is 0 Å². The van der Waals surface area contributed by atoms with E-state index in [0.29, 0.717) is 12.0 Å². The number of rotatable bonds is 6. The highest BCUT2D eigenvalue weighted by molar-refractivity contribution is 8.13. The molecule has 19 heavy (non-hydrogen) atoms. The smallest absolute Gasteiger partial charge is 0.185 e. The molecule has 0 aromatic heterocycles. The van der Waals surface area contributed by atoms with Crippen molar-refractivity contribution < 1.29 is 24.2 Å². The van der Waals surface area contributed by atoms with Crippen molar-refractivity contribution in [2.75, 3.05) is 5.75 Å². The van der Waals surface area contributed by atoms with Crippen LogP contribution < -0.4 is 0 Å². The molecular weight excluding hydrogens is 271 g/mol. The first-order valence-electron chi connectivity index (χ1n) is 5.69. The van der Waals surface area contributed by atoms with E-state index in [0.717, 1.165) is 23.9 Å². The summed E-state index contributed by atoms with van der Waals surface area (Å²) >= 11 is 1.05. The summed E-state index contributed by atoms with van der Waals surface area (Å²) in [6.45, 7) is 1.41. The van der Waals surface area contributed by atoms with Gasteiger partial charge in [0.05, 0.1) is 6.10 Å². The van der Waals surface area contributed by atoms with Crippen molar-refractivity contribution in [2.24, 2.45) is 0 Å². The van der Waals surface area contributed by atoms with Crippen LogP contribution in [0.1, 0.15) is 35.4 Å². The third-order valence-electron chi connectivity index (χ3n) is 2.58. The van der Waals surface area contributed by atoms with Gasteiger partial charge in [0.1, 0.15) is 11.9 Å². The van der Waals surface area contributed by atoms with Crippen LogP contribution in [-0.2, 0) is 4.79 Å². The van der Waals surface area contributed by atoms with Crippen LogP contribution in [0.4, 0.5) is 4.39 Å². The van der Waals surface area contributed by atoms with E-state index in [1.54, 1.807) is 0 Å². The van der Waals surface area contributed by atoms with E-state index in [2.05, 4.69) is 0 Å². The Labute approximate surface area is 114 Å². The van der Waals surface area contributed by atoms with Crippen molar-refractivity contribution >= 4 is 23.2 Å². The Morgan fingerprint density at radius 1 is 1.47 bits per heavy atom. The van der Waals surface area contributed by atoms with E-state index in [-0.39, 0.29) is 22.7 Å². The molecule has 0 amide bonds. The van der Waals surface area contributed by atoms with E-state index in [1.165, 1.54) is 13.0 Å². The number of carbonyl (C=O) groups excluding carboxylic acids is 2. The normalized spacial score (nSPS) is 13.9. The van der Waals surface area contributed by atoms with Crippen molar-refractivity contribution in [1.29, 1.82) is 0 Å². The van der Waals surface area contributed by atoms with Crippen LogP contribution in [0.5, 0.6) is 0 Å². The molecule has 2 unspecified atom stereocenters. The van der Waals surface area contributed by atoms with Crippen molar-refractivity contribution in [3.63, 3.8) is 0 Å². The predicted molar refractivity (Wildman–Crippen MR) is 70.5 cm³/mol. The minimum absolute atomic E-state index is 0.00534. The monoisotopic (exact) mass is 286 g/mol. The molecule has 0 radical (unpaired) electrons. The fraction of sp³-hybridized carbons (Fsp3) is 0.385. The number of aliphatic hydroxyl groups is 2. The molecule has 0 fully saturated rings. The van der Waals surface area contributed by atoms with Crippen molar-refractivity contribution in [1.82, 2.24) is 0 Å². The Hall–Kier alpha value is -1.24. The SMILES string of the molecule is CC(=O)SCCC(O)C(O)c1ccc(F)cc1C=O. The predicted octanol–water partition coefficient (Wildman–Crippen LogP) is 1.70. The second kappa shape index (κ2) is 7.37. The van der Waals surface area contributed by atoms with Crippen molar-refractivity contribution in [2.45, 2.75) is 25.6 Å². The highest BCUT2D eigenvalue weighted by atomic mass is 32.2. The summed E-state index contributed by atoms with van der Waals surface area (Å²) in [4.78, 5) is 21.5. The molecule has 0 spiro atoms. The molecule has 2 atom stereocenters. The van der Waals surface area contributed by atoms with E-state index < -0.39 is 18.0 Å². The lowest BCUT2D eigenvalue weighted by Crippen LogP contribution is -2.20. The van der Waals surface area contributed by atoms with E-state index in [9.17, 15) is 24.2 Å². The summed E-state index contributed by atoms with van der Waals surface area (Å²) < 4.78 is 12.9. The first-order chi connectivity index (χ1) is 8.95. The lowest BCUT2D eigenvalue weighted by atomic mass is 9.98. The second-order valence-electron chi connectivity index (χ2n) is 4.03. The molecule has 0 heterocycles. The van der Waals surface area contributed by atoms with Gasteiger partial charge in [-0.25, -0.2) is 4.39 Å². The molecule has 1 aromatic rings. The zero-order valence-corrected chi connectivity index (χ0v) is 11.2. The molecule has 104 valence electrons. The van der Waals surface area contributed by atoms with E-state index in [4.69, 9.17) is 0 Å². The van der Waals surface area contributed by atoms with Gasteiger partial charge in [-0.2, -0.15) is 0 Å². The molecule has 0 saturated carbocycles.